The monoisotopic (exact) mass is 546 g/mol. The van der Waals surface area contributed by atoms with E-state index in [1.54, 1.807) is 5.56 Å². The molecule has 0 aromatic heterocycles. The summed E-state index contributed by atoms with van der Waals surface area (Å²) in [5.41, 5.74) is 10.1. The van der Waals surface area contributed by atoms with E-state index in [4.69, 9.17) is 0 Å². The highest BCUT2D eigenvalue weighted by atomic mass is 14.4. The Morgan fingerprint density at radius 2 is 1.17 bits per heavy atom. The highest BCUT2D eigenvalue weighted by Crippen LogP contribution is 2.52. The fourth-order valence-electron chi connectivity index (χ4n) is 7.36. The van der Waals surface area contributed by atoms with Gasteiger partial charge in [0.2, 0.25) is 0 Å². The van der Waals surface area contributed by atoms with Gasteiger partial charge in [0, 0.05) is 5.92 Å². The molecule has 0 radical (unpaired) electrons. The molecule has 0 N–H and O–H groups in total. The van der Waals surface area contributed by atoms with Crippen LogP contribution >= 0.6 is 0 Å². The van der Waals surface area contributed by atoms with Crippen molar-refractivity contribution < 1.29 is 0 Å². The van der Waals surface area contributed by atoms with Crippen LogP contribution in [0.25, 0.3) is 5.57 Å². The maximum Gasteiger partial charge on any atom is 0.00298 e. The van der Waals surface area contributed by atoms with Gasteiger partial charge in [-0.05, 0) is 88.8 Å². The topological polar surface area (TPSA) is 0 Å². The van der Waals surface area contributed by atoms with Gasteiger partial charge in [0.1, 0.15) is 0 Å². The van der Waals surface area contributed by atoms with Crippen molar-refractivity contribution in [2.24, 2.45) is 5.92 Å². The molecule has 0 heteroatoms. The zero-order chi connectivity index (χ0) is 28.7. The first-order chi connectivity index (χ1) is 20.7. The van der Waals surface area contributed by atoms with Gasteiger partial charge in [-0.2, -0.15) is 0 Å². The molecule has 0 bridgehead atoms. The molecule has 0 heterocycles. The number of hydrogen-bond acceptors (Lipinski definition) is 0. The molecule has 5 atom stereocenters. The molecule has 6 rings (SSSR count). The van der Waals surface area contributed by atoms with E-state index in [-0.39, 0.29) is 0 Å². The lowest BCUT2D eigenvalue weighted by Gasteiger charge is -2.33. The Hall–Kier alpha value is -4.16. The van der Waals surface area contributed by atoms with Gasteiger partial charge >= 0.3 is 0 Å². The Balaban J connectivity index is 1.40. The van der Waals surface area contributed by atoms with E-state index in [0.717, 1.165) is 19.3 Å². The third-order valence-electron chi connectivity index (χ3n) is 9.56. The van der Waals surface area contributed by atoms with E-state index in [1.807, 2.05) is 0 Å². The Kier molecular flexibility index (Phi) is 8.80. The predicted octanol–water partition coefficient (Wildman–Crippen LogP) is 11.2. The lowest BCUT2D eigenvalue weighted by molar-refractivity contribution is 0.327. The van der Waals surface area contributed by atoms with E-state index in [9.17, 15) is 0 Å². The normalized spacial score (nSPS) is 18.7. The van der Waals surface area contributed by atoms with Crippen molar-refractivity contribution in [3.63, 3.8) is 0 Å². The third-order valence-corrected chi connectivity index (χ3v) is 9.56. The fraction of sp³-hybridized carbons (Fsp3) is 0.238. The summed E-state index contributed by atoms with van der Waals surface area (Å²) >= 11 is 0. The second-order valence-corrected chi connectivity index (χ2v) is 12.2. The number of fused-ring (bicyclic) bond motifs is 1. The van der Waals surface area contributed by atoms with E-state index >= 15 is 0 Å². The van der Waals surface area contributed by atoms with E-state index in [1.165, 1.54) is 33.4 Å². The molecule has 1 aliphatic carbocycles. The summed E-state index contributed by atoms with van der Waals surface area (Å²) in [6.07, 6.45) is 5.94. The summed E-state index contributed by atoms with van der Waals surface area (Å²) in [7, 11) is 0. The van der Waals surface area contributed by atoms with Crippen LogP contribution in [-0.4, -0.2) is 0 Å². The maximum absolute atomic E-state index is 2.53. The summed E-state index contributed by atoms with van der Waals surface area (Å²) in [6.45, 7) is 4.70. The Morgan fingerprint density at radius 1 is 0.643 bits per heavy atom. The van der Waals surface area contributed by atoms with Crippen LogP contribution in [0.15, 0.2) is 152 Å². The SMILES string of the molecule is CC(=CC(CC1c2ccccc2CC1C(CC(C)c1ccccc1)c1ccccc1)c1ccccc1)c1ccccc1. The van der Waals surface area contributed by atoms with Crippen LogP contribution in [0.1, 0.15) is 83.7 Å². The molecule has 5 aromatic rings. The molecular formula is C42H42. The van der Waals surface area contributed by atoms with E-state index < -0.39 is 0 Å². The highest BCUT2D eigenvalue weighted by Gasteiger charge is 2.39. The minimum absolute atomic E-state index is 0.341. The van der Waals surface area contributed by atoms with Crippen LogP contribution in [0.3, 0.4) is 0 Å². The van der Waals surface area contributed by atoms with Crippen LogP contribution in [0.2, 0.25) is 0 Å². The van der Waals surface area contributed by atoms with Crippen LogP contribution in [0, 0.1) is 5.92 Å². The average molecular weight is 547 g/mol. The minimum atomic E-state index is 0.341. The average Bonchev–Trinajstić information content (AvgIpc) is 3.42. The standard InChI is InChI=1S/C42H42/c1-31(33-17-7-3-8-18-33)27-38(35-21-11-5-12-22-35)30-41-39-26-16-15-25-37(39)29-42(41)40(36-23-13-6-14-24-36)28-32(2)34-19-9-4-10-20-34/h3-27,32,38,40-42H,28-30H2,1-2H3. The Bertz CT molecular complexity index is 1570. The van der Waals surface area contributed by atoms with E-state index in [2.05, 4.69) is 166 Å². The quantitative estimate of drug-likeness (QED) is 0.163. The molecular weight excluding hydrogens is 504 g/mol. The zero-order valence-corrected chi connectivity index (χ0v) is 24.9. The lowest BCUT2D eigenvalue weighted by atomic mass is 9.70. The van der Waals surface area contributed by atoms with Gasteiger partial charge in [0.25, 0.3) is 0 Å². The smallest absolute Gasteiger partial charge is 0.00298 e. The van der Waals surface area contributed by atoms with Crippen LogP contribution in [-0.2, 0) is 6.42 Å². The minimum Gasteiger partial charge on any atom is -0.0735 e. The fourth-order valence-corrected chi connectivity index (χ4v) is 7.36. The van der Waals surface area contributed by atoms with Gasteiger partial charge in [-0.15, -0.1) is 0 Å². The molecule has 0 nitrogen and oxygen atoms in total. The van der Waals surface area contributed by atoms with Crippen LogP contribution in [0.5, 0.6) is 0 Å². The number of hydrogen-bond donors (Lipinski definition) is 0. The summed E-state index contributed by atoms with van der Waals surface area (Å²) in [4.78, 5) is 0. The van der Waals surface area contributed by atoms with Gasteiger partial charge in [-0.25, -0.2) is 0 Å². The van der Waals surface area contributed by atoms with Gasteiger partial charge in [-0.3, -0.25) is 0 Å². The molecule has 5 aromatic carbocycles. The first-order valence-corrected chi connectivity index (χ1v) is 15.6. The van der Waals surface area contributed by atoms with Crippen molar-refractivity contribution in [3.8, 4) is 0 Å². The number of rotatable bonds is 10. The Morgan fingerprint density at radius 3 is 1.81 bits per heavy atom. The van der Waals surface area contributed by atoms with Gasteiger partial charge in [0.15, 0.2) is 0 Å². The summed E-state index contributed by atoms with van der Waals surface area (Å²) in [5.74, 6) is 2.35. The largest absolute Gasteiger partial charge is 0.0735 e. The molecule has 0 amide bonds. The van der Waals surface area contributed by atoms with Crippen molar-refractivity contribution >= 4 is 5.57 Å². The number of allylic oxidation sites excluding steroid dienone is 2. The Labute approximate surface area is 252 Å². The molecule has 210 valence electrons. The molecule has 0 saturated carbocycles. The first-order valence-electron chi connectivity index (χ1n) is 15.6. The number of benzene rings is 5. The van der Waals surface area contributed by atoms with Crippen molar-refractivity contribution in [2.75, 3.05) is 0 Å². The van der Waals surface area contributed by atoms with Crippen molar-refractivity contribution in [1.82, 2.24) is 0 Å². The predicted molar refractivity (Wildman–Crippen MR) is 179 cm³/mol. The summed E-state index contributed by atoms with van der Waals surface area (Å²) < 4.78 is 0. The van der Waals surface area contributed by atoms with Crippen molar-refractivity contribution in [2.45, 2.75) is 56.8 Å². The van der Waals surface area contributed by atoms with Crippen molar-refractivity contribution in [1.29, 1.82) is 0 Å². The first kappa shape index (κ1) is 28.0. The summed E-state index contributed by atoms with van der Waals surface area (Å²) in [6, 6.07) is 53.8. The van der Waals surface area contributed by atoms with Gasteiger partial charge in [-0.1, -0.05) is 159 Å². The molecule has 1 aliphatic rings. The molecule has 0 fully saturated rings. The highest BCUT2D eigenvalue weighted by molar-refractivity contribution is 5.64. The van der Waals surface area contributed by atoms with Gasteiger partial charge in [0.05, 0.1) is 0 Å². The molecule has 0 saturated heterocycles. The summed E-state index contributed by atoms with van der Waals surface area (Å²) in [5, 5.41) is 0. The van der Waals surface area contributed by atoms with Crippen LogP contribution < -0.4 is 0 Å². The van der Waals surface area contributed by atoms with Gasteiger partial charge < -0.3 is 0 Å². The van der Waals surface area contributed by atoms with Crippen LogP contribution in [0.4, 0.5) is 0 Å². The van der Waals surface area contributed by atoms with E-state index in [0.29, 0.717) is 29.6 Å². The van der Waals surface area contributed by atoms with Crippen molar-refractivity contribution in [3.05, 3.63) is 185 Å². The molecule has 0 spiro atoms. The maximum atomic E-state index is 2.53. The molecule has 0 aliphatic heterocycles. The molecule has 42 heavy (non-hydrogen) atoms. The second kappa shape index (κ2) is 13.2. The third kappa shape index (κ3) is 6.34. The second-order valence-electron chi connectivity index (χ2n) is 12.2. The zero-order valence-electron chi connectivity index (χ0n) is 24.9. The lowest BCUT2D eigenvalue weighted by Crippen LogP contribution is -2.21. The molecule has 5 unspecified atom stereocenters.